The minimum atomic E-state index is -4.62. The molecule has 0 saturated carbocycles. The molecule has 0 radical (unpaired) electrons. The topological polar surface area (TPSA) is 45.2 Å². The first-order valence-corrected chi connectivity index (χ1v) is 7.65. The lowest BCUT2D eigenvalue weighted by atomic mass is 10.1. The number of pyridine rings is 1. The molecule has 0 aliphatic carbocycles. The molecule has 0 atom stereocenters. The summed E-state index contributed by atoms with van der Waals surface area (Å²) in [5.74, 6) is -1.02. The Bertz CT molecular complexity index is 741. The van der Waals surface area contributed by atoms with Crippen LogP contribution in [0.1, 0.15) is 29.8 Å². The largest absolute Gasteiger partial charge is 0.416 e. The molecule has 1 heterocycles. The number of hydrogen-bond donors (Lipinski definition) is 1. The molecule has 0 spiro atoms. The Morgan fingerprint density at radius 1 is 1.16 bits per heavy atom. The molecule has 1 aromatic carbocycles. The van der Waals surface area contributed by atoms with Crippen molar-refractivity contribution in [2.75, 3.05) is 23.3 Å². The summed E-state index contributed by atoms with van der Waals surface area (Å²) >= 11 is 0. The van der Waals surface area contributed by atoms with Gasteiger partial charge in [0.1, 0.15) is 11.6 Å². The molecule has 0 aliphatic rings. The van der Waals surface area contributed by atoms with E-state index < -0.39 is 29.2 Å². The number of nitrogens with zero attached hydrogens (tertiary/aromatic N) is 2. The molecule has 1 amide bonds. The number of alkyl halides is 3. The zero-order valence-electron chi connectivity index (χ0n) is 13.7. The van der Waals surface area contributed by atoms with Gasteiger partial charge in [-0.2, -0.15) is 13.2 Å². The van der Waals surface area contributed by atoms with Crippen LogP contribution in [0.5, 0.6) is 0 Å². The summed E-state index contributed by atoms with van der Waals surface area (Å²) in [6.45, 7) is 5.40. The van der Waals surface area contributed by atoms with E-state index in [1.54, 1.807) is 6.07 Å². The van der Waals surface area contributed by atoms with Crippen molar-refractivity contribution >= 4 is 17.4 Å². The molecular weight excluding hydrogens is 338 g/mol. The zero-order valence-corrected chi connectivity index (χ0v) is 13.7. The number of nitrogens with one attached hydrogen (secondary N) is 1. The van der Waals surface area contributed by atoms with Crippen LogP contribution in [0.25, 0.3) is 0 Å². The third-order valence-corrected chi connectivity index (χ3v) is 3.64. The number of carbonyl (C=O) groups is 1. The van der Waals surface area contributed by atoms with Gasteiger partial charge in [0.15, 0.2) is 0 Å². The summed E-state index contributed by atoms with van der Waals surface area (Å²) in [7, 11) is 0. The maximum absolute atomic E-state index is 13.7. The highest BCUT2D eigenvalue weighted by Crippen LogP contribution is 2.31. The van der Waals surface area contributed by atoms with Crippen LogP contribution in [-0.2, 0) is 6.18 Å². The minimum Gasteiger partial charge on any atom is -0.357 e. The highest BCUT2D eigenvalue weighted by atomic mass is 19.4. The van der Waals surface area contributed by atoms with Crippen molar-refractivity contribution in [1.29, 1.82) is 0 Å². The average molecular weight is 355 g/mol. The Labute approximate surface area is 142 Å². The zero-order chi connectivity index (χ0) is 18.6. The highest BCUT2D eigenvalue weighted by Gasteiger charge is 2.31. The smallest absolute Gasteiger partial charge is 0.357 e. The Morgan fingerprint density at radius 3 is 2.36 bits per heavy atom. The summed E-state index contributed by atoms with van der Waals surface area (Å²) in [5, 5.41) is 2.15. The van der Waals surface area contributed by atoms with Gasteiger partial charge < -0.3 is 10.2 Å². The van der Waals surface area contributed by atoms with Crippen molar-refractivity contribution < 1.29 is 22.4 Å². The van der Waals surface area contributed by atoms with Crippen LogP contribution < -0.4 is 10.2 Å². The van der Waals surface area contributed by atoms with E-state index >= 15 is 0 Å². The van der Waals surface area contributed by atoms with Crippen molar-refractivity contribution in [3.05, 3.63) is 53.5 Å². The van der Waals surface area contributed by atoms with Crippen LogP contribution in [0.2, 0.25) is 0 Å². The quantitative estimate of drug-likeness (QED) is 0.812. The fraction of sp³-hybridized carbons (Fsp3) is 0.294. The lowest BCUT2D eigenvalue weighted by Crippen LogP contribution is -2.23. The summed E-state index contributed by atoms with van der Waals surface area (Å²) in [5.41, 5.74) is -1.46. The predicted molar refractivity (Wildman–Crippen MR) is 87.2 cm³/mol. The van der Waals surface area contributed by atoms with E-state index in [4.69, 9.17) is 0 Å². The first kappa shape index (κ1) is 18.7. The molecule has 1 aromatic heterocycles. The van der Waals surface area contributed by atoms with Gasteiger partial charge in [0.2, 0.25) is 0 Å². The van der Waals surface area contributed by atoms with Crippen molar-refractivity contribution in [3.8, 4) is 0 Å². The lowest BCUT2D eigenvalue weighted by molar-refractivity contribution is -0.137. The highest BCUT2D eigenvalue weighted by molar-refractivity contribution is 6.04. The molecule has 134 valence electrons. The number of amides is 1. The van der Waals surface area contributed by atoms with Gasteiger partial charge in [-0.3, -0.25) is 4.79 Å². The van der Waals surface area contributed by atoms with Crippen molar-refractivity contribution in [2.24, 2.45) is 0 Å². The summed E-state index contributed by atoms with van der Waals surface area (Å²) < 4.78 is 51.8. The van der Waals surface area contributed by atoms with Crippen LogP contribution in [-0.4, -0.2) is 24.0 Å². The second-order valence-electron chi connectivity index (χ2n) is 5.22. The molecule has 1 N–H and O–H groups in total. The van der Waals surface area contributed by atoms with E-state index in [1.807, 2.05) is 18.7 Å². The molecule has 0 unspecified atom stereocenters. The first-order valence-electron chi connectivity index (χ1n) is 7.65. The number of hydrogen-bond acceptors (Lipinski definition) is 3. The fourth-order valence-corrected chi connectivity index (χ4v) is 2.25. The second kappa shape index (κ2) is 7.50. The maximum atomic E-state index is 13.7. The van der Waals surface area contributed by atoms with Gasteiger partial charge in [-0.1, -0.05) is 0 Å². The predicted octanol–water partition coefficient (Wildman–Crippen LogP) is 4.34. The summed E-state index contributed by atoms with van der Waals surface area (Å²) in [6, 6.07) is 4.96. The molecular formula is C17H17F4N3O. The summed E-state index contributed by atoms with van der Waals surface area (Å²) in [4.78, 5) is 18.3. The summed E-state index contributed by atoms with van der Waals surface area (Å²) in [6.07, 6.45) is -3.32. The van der Waals surface area contributed by atoms with E-state index in [0.29, 0.717) is 24.0 Å². The van der Waals surface area contributed by atoms with Crippen LogP contribution in [0.4, 0.5) is 29.1 Å². The standard InChI is InChI=1S/C17H17F4N3O/c1-3-24(4-2)15-8-5-11(10-22-15)16(25)23-14-9-12(17(19,20)21)6-7-13(14)18/h5-10H,3-4H2,1-2H3,(H,23,25). The van der Waals surface area contributed by atoms with Crippen LogP contribution in [0.3, 0.4) is 0 Å². The van der Waals surface area contributed by atoms with Gasteiger partial charge in [0.25, 0.3) is 5.91 Å². The monoisotopic (exact) mass is 355 g/mol. The van der Waals surface area contributed by atoms with Crippen molar-refractivity contribution in [2.45, 2.75) is 20.0 Å². The van der Waals surface area contributed by atoms with E-state index in [9.17, 15) is 22.4 Å². The Morgan fingerprint density at radius 2 is 1.84 bits per heavy atom. The van der Waals surface area contributed by atoms with Gasteiger partial charge in [-0.15, -0.1) is 0 Å². The molecule has 4 nitrogen and oxygen atoms in total. The second-order valence-corrected chi connectivity index (χ2v) is 5.22. The van der Waals surface area contributed by atoms with E-state index in [1.165, 1.54) is 12.3 Å². The maximum Gasteiger partial charge on any atom is 0.416 e. The van der Waals surface area contributed by atoms with Gasteiger partial charge in [-0.25, -0.2) is 9.37 Å². The molecule has 0 fully saturated rings. The molecule has 2 rings (SSSR count). The van der Waals surface area contributed by atoms with Crippen molar-refractivity contribution in [1.82, 2.24) is 4.98 Å². The Hall–Kier alpha value is -2.64. The number of halogens is 4. The van der Waals surface area contributed by atoms with Gasteiger partial charge in [0, 0.05) is 19.3 Å². The van der Waals surface area contributed by atoms with Crippen LogP contribution in [0, 0.1) is 5.82 Å². The van der Waals surface area contributed by atoms with Gasteiger partial charge >= 0.3 is 6.18 Å². The number of rotatable bonds is 5. The molecule has 0 bridgehead atoms. The first-order chi connectivity index (χ1) is 11.8. The molecule has 25 heavy (non-hydrogen) atoms. The third kappa shape index (κ3) is 4.46. The number of aromatic nitrogens is 1. The van der Waals surface area contributed by atoms with E-state index in [2.05, 4.69) is 10.3 Å². The molecule has 0 saturated heterocycles. The SMILES string of the molecule is CCN(CC)c1ccc(C(=O)Nc2cc(C(F)(F)F)ccc2F)cn1. The van der Waals surface area contributed by atoms with Crippen LogP contribution in [0.15, 0.2) is 36.5 Å². The fourth-order valence-electron chi connectivity index (χ4n) is 2.25. The normalized spacial score (nSPS) is 11.3. The lowest BCUT2D eigenvalue weighted by Gasteiger charge is -2.19. The average Bonchev–Trinajstić information content (AvgIpc) is 2.57. The molecule has 8 heteroatoms. The van der Waals surface area contributed by atoms with Crippen LogP contribution >= 0.6 is 0 Å². The number of carbonyl (C=O) groups excluding carboxylic acids is 1. The minimum absolute atomic E-state index is 0.118. The number of anilines is 2. The Kier molecular flexibility index (Phi) is 5.61. The molecule has 0 aliphatic heterocycles. The third-order valence-electron chi connectivity index (χ3n) is 3.64. The van der Waals surface area contributed by atoms with E-state index in [0.717, 1.165) is 13.1 Å². The van der Waals surface area contributed by atoms with E-state index in [-0.39, 0.29) is 5.56 Å². The Balaban J connectivity index is 2.20. The van der Waals surface area contributed by atoms with Crippen molar-refractivity contribution in [3.63, 3.8) is 0 Å². The van der Waals surface area contributed by atoms with Gasteiger partial charge in [-0.05, 0) is 44.2 Å². The molecule has 2 aromatic rings. The van der Waals surface area contributed by atoms with Gasteiger partial charge in [0.05, 0.1) is 16.8 Å². The number of benzene rings is 1.